The molecule has 0 aliphatic heterocycles. The molecule has 0 bridgehead atoms. The quantitative estimate of drug-likeness (QED) is 0.665. The number of aromatic carboxylic acids is 1. The second-order valence-electron chi connectivity index (χ2n) is 6.00. The van der Waals surface area contributed by atoms with Gasteiger partial charge in [0, 0.05) is 23.2 Å². The van der Waals surface area contributed by atoms with Crippen LogP contribution in [0.3, 0.4) is 0 Å². The lowest BCUT2D eigenvalue weighted by molar-refractivity contribution is -0.122. The van der Waals surface area contributed by atoms with Crippen LogP contribution in [0.2, 0.25) is 5.02 Å². The van der Waals surface area contributed by atoms with Crippen LogP contribution in [0, 0.1) is 0 Å². The molecule has 3 rings (SSSR count). The zero-order valence-corrected chi connectivity index (χ0v) is 15.4. The van der Waals surface area contributed by atoms with Crippen LogP contribution in [0.4, 0.5) is 0 Å². The van der Waals surface area contributed by atoms with Crippen molar-refractivity contribution in [2.75, 3.05) is 0 Å². The van der Waals surface area contributed by atoms with Crippen molar-refractivity contribution in [1.29, 1.82) is 0 Å². The van der Waals surface area contributed by atoms with E-state index in [1.54, 1.807) is 42.5 Å². The molecule has 1 amide bonds. The third kappa shape index (κ3) is 4.83. The summed E-state index contributed by atoms with van der Waals surface area (Å²) in [6.07, 6.45) is 0. The van der Waals surface area contributed by atoms with E-state index in [-0.39, 0.29) is 24.6 Å². The molecule has 0 aliphatic rings. The Hall–Kier alpha value is -3.45. The molecule has 0 fully saturated rings. The fraction of sp³-hybridized carbons (Fsp3) is 0.100. The van der Waals surface area contributed by atoms with Gasteiger partial charge < -0.3 is 10.4 Å². The number of amides is 1. The van der Waals surface area contributed by atoms with E-state index < -0.39 is 11.5 Å². The average molecular weight is 398 g/mol. The second kappa shape index (κ2) is 8.49. The summed E-state index contributed by atoms with van der Waals surface area (Å²) in [6, 6.07) is 16.1. The molecular formula is C20H16ClN3O4. The second-order valence-corrected chi connectivity index (χ2v) is 6.44. The van der Waals surface area contributed by atoms with Gasteiger partial charge in [-0.1, -0.05) is 35.9 Å². The summed E-state index contributed by atoms with van der Waals surface area (Å²) in [4.78, 5) is 35.0. The number of carbonyl (C=O) groups excluding carboxylic acids is 1. The highest BCUT2D eigenvalue weighted by Crippen LogP contribution is 2.18. The summed E-state index contributed by atoms with van der Waals surface area (Å²) in [7, 11) is 0. The Morgan fingerprint density at radius 3 is 2.32 bits per heavy atom. The summed E-state index contributed by atoms with van der Waals surface area (Å²) in [5.41, 5.74) is 1.85. The largest absolute Gasteiger partial charge is 0.478 e. The zero-order valence-electron chi connectivity index (χ0n) is 14.6. The highest BCUT2D eigenvalue weighted by molar-refractivity contribution is 6.30. The molecule has 0 saturated carbocycles. The van der Waals surface area contributed by atoms with E-state index in [2.05, 4.69) is 10.4 Å². The minimum atomic E-state index is -1.01. The molecule has 142 valence electrons. The van der Waals surface area contributed by atoms with Crippen molar-refractivity contribution >= 4 is 23.5 Å². The minimum absolute atomic E-state index is 0.171. The van der Waals surface area contributed by atoms with Crippen molar-refractivity contribution in [2.45, 2.75) is 13.1 Å². The van der Waals surface area contributed by atoms with E-state index in [0.29, 0.717) is 10.7 Å². The Bertz CT molecular complexity index is 1060. The molecule has 0 aliphatic carbocycles. The summed E-state index contributed by atoms with van der Waals surface area (Å²) < 4.78 is 1.09. The summed E-state index contributed by atoms with van der Waals surface area (Å²) in [5.74, 6) is -1.40. The Morgan fingerprint density at radius 1 is 1.00 bits per heavy atom. The van der Waals surface area contributed by atoms with Crippen molar-refractivity contribution in [2.24, 2.45) is 0 Å². The number of hydrogen-bond donors (Lipinski definition) is 2. The lowest BCUT2D eigenvalue weighted by atomic mass is 10.1. The molecule has 7 nitrogen and oxygen atoms in total. The predicted molar refractivity (Wildman–Crippen MR) is 104 cm³/mol. The Balaban J connectivity index is 1.66. The van der Waals surface area contributed by atoms with Gasteiger partial charge in [-0.3, -0.25) is 9.59 Å². The number of carboxylic acids is 1. The molecule has 0 radical (unpaired) electrons. The average Bonchev–Trinajstić information content (AvgIpc) is 2.69. The highest BCUT2D eigenvalue weighted by atomic mass is 35.5. The summed E-state index contributed by atoms with van der Waals surface area (Å²) in [6.45, 7) is -0.0160. The number of hydrogen-bond acceptors (Lipinski definition) is 4. The molecule has 28 heavy (non-hydrogen) atoms. The van der Waals surface area contributed by atoms with Gasteiger partial charge in [-0.15, -0.1) is 0 Å². The van der Waals surface area contributed by atoms with Gasteiger partial charge >= 0.3 is 5.97 Å². The molecule has 0 spiro atoms. The molecule has 2 aromatic carbocycles. The number of carbonyl (C=O) groups is 2. The van der Waals surface area contributed by atoms with Gasteiger partial charge in [0.1, 0.15) is 6.54 Å². The van der Waals surface area contributed by atoms with Gasteiger partial charge in [0.15, 0.2) is 0 Å². The maximum Gasteiger partial charge on any atom is 0.335 e. The van der Waals surface area contributed by atoms with E-state index in [0.717, 1.165) is 15.8 Å². The number of nitrogens with zero attached hydrogens (tertiary/aromatic N) is 2. The van der Waals surface area contributed by atoms with Crippen LogP contribution >= 0.6 is 11.6 Å². The number of rotatable bonds is 6. The van der Waals surface area contributed by atoms with Crippen LogP contribution in [0.5, 0.6) is 0 Å². The first-order chi connectivity index (χ1) is 13.4. The molecule has 1 aromatic heterocycles. The van der Waals surface area contributed by atoms with E-state index >= 15 is 0 Å². The van der Waals surface area contributed by atoms with Crippen LogP contribution in [-0.4, -0.2) is 26.8 Å². The molecule has 0 unspecified atom stereocenters. The van der Waals surface area contributed by atoms with E-state index in [1.165, 1.54) is 18.2 Å². The number of carboxylic acid groups (broad SMARTS) is 1. The summed E-state index contributed by atoms with van der Waals surface area (Å²) in [5, 5.41) is 16.4. The van der Waals surface area contributed by atoms with Crippen LogP contribution in [0.15, 0.2) is 65.5 Å². The first kappa shape index (κ1) is 19.3. The highest BCUT2D eigenvalue weighted by Gasteiger charge is 2.09. The van der Waals surface area contributed by atoms with Gasteiger partial charge in [-0.25, -0.2) is 9.48 Å². The van der Waals surface area contributed by atoms with Crippen LogP contribution in [-0.2, 0) is 17.9 Å². The van der Waals surface area contributed by atoms with Crippen molar-refractivity contribution in [3.63, 3.8) is 0 Å². The number of aromatic nitrogens is 2. The third-order valence-corrected chi connectivity index (χ3v) is 4.24. The van der Waals surface area contributed by atoms with Crippen LogP contribution in [0.25, 0.3) is 11.3 Å². The minimum Gasteiger partial charge on any atom is -0.478 e. The topological polar surface area (TPSA) is 101 Å². The SMILES string of the molecule is O=C(Cn1nc(-c2ccc(Cl)cc2)ccc1=O)NCc1ccc(C(=O)O)cc1. The fourth-order valence-corrected chi connectivity index (χ4v) is 2.62. The van der Waals surface area contributed by atoms with Gasteiger partial charge in [-0.2, -0.15) is 5.10 Å². The van der Waals surface area contributed by atoms with Crippen LogP contribution in [0.1, 0.15) is 15.9 Å². The van der Waals surface area contributed by atoms with Gasteiger partial charge in [0.25, 0.3) is 5.56 Å². The normalized spacial score (nSPS) is 10.5. The van der Waals surface area contributed by atoms with E-state index in [9.17, 15) is 14.4 Å². The fourth-order valence-electron chi connectivity index (χ4n) is 2.49. The Morgan fingerprint density at radius 2 is 1.68 bits per heavy atom. The van der Waals surface area contributed by atoms with Gasteiger partial charge in [0.2, 0.25) is 5.91 Å². The smallest absolute Gasteiger partial charge is 0.335 e. The van der Waals surface area contributed by atoms with Crippen LogP contribution < -0.4 is 10.9 Å². The zero-order chi connectivity index (χ0) is 20.1. The maximum atomic E-state index is 12.2. The molecule has 0 saturated heterocycles. The molecule has 2 N–H and O–H groups in total. The van der Waals surface area contributed by atoms with E-state index in [1.807, 2.05) is 0 Å². The predicted octanol–water partition coefficient (Wildman–Crippen LogP) is 2.58. The first-order valence-electron chi connectivity index (χ1n) is 8.35. The standard InChI is InChI=1S/C20H16ClN3O4/c21-16-7-5-14(6-8-16)17-9-10-19(26)24(23-17)12-18(25)22-11-13-1-3-15(4-2-13)20(27)28/h1-10H,11-12H2,(H,22,25)(H,27,28). The molecule has 8 heteroatoms. The lowest BCUT2D eigenvalue weighted by Gasteiger charge is -2.09. The van der Waals surface area contributed by atoms with Crippen molar-refractivity contribution in [1.82, 2.24) is 15.1 Å². The number of benzene rings is 2. The number of halogens is 1. The Kier molecular flexibility index (Phi) is 5.86. The van der Waals surface area contributed by atoms with Crippen molar-refractivity contribution in [3.8, 4) is 11.3 Å². The molecular weight excluding hydrogens is 382 g/mol. The van der Waals surface area contributed by atoms with Crippen molar-refractivity contribution < 1.29 is 14.7 Å². The van der Waals surface area contributed by atoms with E-state index in [4.69, 9.17) is 16.7 Å². The first-order valence-corrected chi connectivity index (χ1v) is 8.73. The lowest BCUT2D eigenvalue weighted by Crippen LogP contribution is -2.33. The molecule has 1 heterocycles. The monoisotopic (exact) mass is 397 g/mol. The van der Waals surface area contributed by atoms with Gasteiger partial charge in [0.05, 0.1) is 11.3 Å². The van der Waals surface area contributed by atoms with Gasteiger partial charge in [-0.05, 0) is 35.9 Å². The Labute approximate surface area is 165 Å². The number of nitrogens with one attached hydrogen (secondary N) is 1. The maximum absolute atomic E-state index is 12.2. The molecule has 0 atom stereocenters. The van der Waals surface area contributed by atoms with Crippen molar-refractivity contribution in [3.05, 3.63) is 87.2 Å². The third-order valence-electron chi connectivity index (χ3n) is 3.99. The summed E-state index contributed by atoms with van der Waals surface area (Å²) >= 11 is 5.88. The molecule has 3 aromatic rings.